The predicted molar refractivity (Wildman–Crippen MR) is 72.5 cm³/mol. The summed E-state index contributed by atoms with van der Waals surface area (Å²) in [4.78, 5) is 10.5. The van der Waals surface area contributed by atoms with E-state index in [9.17, 15) is 19.8 Å². The van der Waals surface area contributed by atoms with E-state index < -0.39 is 16.2 Å². The highest BCUT2D eigenvalue weighted by molar-refractivity contribution is 5.41. The van der Waals surface area contributed by atoms with Crippen molar-refractivity contribution >= 4 is 5.69 Å². The van der Waals surface area contributed by atoms with Crippen LogP contribution < -0.4 is 0 Å². The van der Waals surface area contributed by atoms with Crippen LogP contribution in [0.3, 0.4) is 0 Å². The predicted octanol–water partition coefficient (Wildman–Crippen LogP) is 4.14. The topological polar surface area (TPSA) is 66.9 Å². The molecule has 1 aliphatic carbocycles. The first-order valence-corrected chi connectivity index (χ1v) is 6.90. The van der Waals surface area contributed by atoms with Crippen LogP contribution in [0.5, 0.6) is 0 Å². The van der Waals surface area contributed by atoms with Crippen LogP contribution in [0.15, 0.2) is 18.2 Å². The molecular formula is C15H17FN2O2. The molecule has 0 radical (unpaired) electrons. The molecule has 1 saturated carbocycles. The maximum atomic E-state index is 13.4. The van der Waals surface area contributed by atoms with Gasteiger partial charge in [-0.3, -0.25) is 10.1 Å². The molecule has 106 valence electrons. The summed E-state index contributed by atoms with van der Waals surface area (Å²) in [5.41, 5.74) is -0.349. The summed E-state index contributed by atoms with van der Waals surface area (Å²) in [6.07, 6.45) is 5.82. The highest BCUT2D eigenvalue weighted by Crippen LogP contribution is 2.39. The van der Waals surface area contributed by atoms with Crippen molar-refractivity contribution in [2.45, 2.75) is 44.9 Å². The molecule has 0 spiro atoms. The third-order valence-corrected chi connectivity index (χ3v) is 4.06. The molecule has 5 heteroatoms. The molecule has 0 amide bonds. The van der Waals surface area contributed by atoms with Crippen LogP contribution in [0, 0.1) is 32.7 Å². The van der Waals surface area contributed by atoms with Crippen LogP contribution in [0.25, 0.3) is 0 Å². The van der Waals surface area contributed by atoms with E-state index in [4.69, 9.17) is 0 Å². The second-order valence-corrected chi connectivity index (χ2v) is 5.51. The normalized spacial score (nSPS) is 18.0. The Balaban J connectivity index is 2.33. The second-order valence-electron chi connectivity index (χ2n) is 5.51. The van der Waals surface area contributed by atoms with Gasteiger partial charge in [0, 0.05) is 11.6 Å². The molecule has 2 rings (SSSR count). The van der Waals surface area contributed by atoms with Gasteiger partial charge in [0.05, 0.1) is 16.4 Å². The molecule has 0 aromatic heterocycles. The third kappa shape index (κ3) is 3.13. The van der Waals surface area contributed by atoms with E-state index in [1.165, 1.54) is 12.1 Å². The average molecular weight is 276 g/mol. The summed E-state index contributed by atoms with van der Waals surface area (Å²) in [7, 11) is 0. The van der Waals surface area contributed by atoms with Gasteiger partial charge in [-0.1, -0.05) is 25.7 Å². The van der Waals surface area contributed by atoms with E-state index in [-0.39, 0.29) is 12.1 Å². The number of nitrogens with zero attached hydrogens (tertiary/aromatic N) is 2. The van der Waals surface area contributed by atoms with E-state index in [0.29, 0.717) is 5.56 Å². The van der Waals surface area contributed by atoms with Crippen LogP contribution in [-0.4, -0.2) is 4.92 Å². The number of rotatable bonds is 3. The molecule has 0 bridgehead atoms. The van der Waals surface area contributed by atoms with Crippen LogP contribution in [0.2, 0.25) is 0 Å². The number of halogens is 1. The number of hydrogen-bond acceptors (Lipinski definition) is 3. The fourth-order valence-electron chi connectivity index (χ4n) is 2.97. The van der Waals surface area contributed by atoms with Crippen molar-refractivity contribution in [1.29, 1.82) is 5.26 Å². The van der Waals surface area contributed by atoms with Gasteiger partial charge in [0.15, 0.2) is 0 Å². The van der Waals surface area contributed by atoms with Crippen LogP contribution >= 0.6 is 0 Å². The SMILES string of the molecule is N#CC1(Cc2cc(F)ccc2[N+](=O)[O-])CCCCCC1. The van der Waals surface area contributed by atoms with E-state index >= 15 is 0 Å². The highest BCUT2D eigenvalue weighted by Gasteiger charge is 2.33. The van der Waals surface area contributed by atoms with Gasteiger partial charge in [-0.2, -0.15) is 5.26 Å². The highest BCUT2D eigenvalue weighted by atomic mass is 19.1. The van der Waals surface area contributed by atoms with E-state index in [1.807, 2.05) is 0 Å². The van der Waals surface area contributed by atoms with Gasteiger partial charge in [0.2, 0.25) is 0 Å². The Hall–Kier alpha value is -1.96. The number of hydrogen-bond donors (Lipinski definition) is 0. The molecule has 0 saturated heterocycles. The van der Waals surface area contributed by atoms with Crippen molar-refractivity contribution < 1.29 is 9.31 Å². The van der Waals surface area contributed by atoms with Crippen LogP contribution in [0.1, 0.15) is 44.1 Å². The largest absolute Gasteiger partial charge is 0.272 e. The van der Waals surface area contributed by atoms with Crippen molar-refractivity contribution in [2.75, 3.05) is 0 Å². The lowest BCUT2D eigenvalue weighted by molar-refractivity contribution is -0.385. The minimum absolute atomic E-state index is 0.0923. The van der Waals surface area contributed by atoms with Crippen molar-refractivity contribution in [3.8, 4) is 6.07 Å². The Kier molecular flexibility index (Phi) is 4.33. The maximum absolute atomic E-state index is 13.4. The first-order valence-electron chi connectivity index (χ1n) is 6.90. The Bertz CT molecular complexity index is 543. The molecule has 1 aliphatic rings. The standard InChI is InChI=1S/C15H17FN2O2/c16-13-5-6-14(18(19)20)12(9-13)10-15(11-17)7-3-1-2-4-8-15/h5-6,9H,1-4,7-8,10H2. The molecule has 0 aliphatic heterocycles. The molecule has 0 unspecified atom stereocenters. The van der Waals surface area contributed by atoms with Gasteiger partial charge in [-0.05, 0) is 31.4 Å². The molecule has 1 aromatic rings. The zero-order valence-corrected chi connectivity index (χ0v) is 11.3. The quantitative estimate of drug-likeness (QED) is 0.473. The molecular weight excluding hydrogens is 259 g/mol. The van der Waals surface area contributed by atoms with Crippen molar-refractivity contribution in [3.63, 3.8) is 0 Å². The number of benzene rings is 1. The second kappa shape index (κ2) is 6.00. The summed E-state index contributed by atoms with van der Waals surface area (Å²) in [6.45, 7) is 0. The summed E-state index contributed by atoms with van der Waals surface area (Å²) in [5, 5.41) is 20.5. The molecule has 4 nitrogen and oxygen atoms in total. The Morgan fingerprint density at radius 2 is 1.95 bits per heavy atom. The number of nitro groups is 1. The summed E-state index contributed by atoms with van der Waals surface area (Å²) in [5.74, 6) is -0.493. The fourth-order valence-corrected chi connectivity index (χ4v) is 2.97. The van der Waals surface area contributed by atoms with Crippen molar-refractivity contribution in [2.24, 2.45) is 5.41 Å². The van der Waals surface area contributed by atoms with Gasteiger partial charge >= 0.3 is 0 Å². The van der Waals surface area contributed by atoms with Gasteiger partial charge in [0.25, 0.3) is 5.69 Å². The Labute approximate surface area is 117 Å². The summed E-state index contributed by atoms with van der Waals surface area (Å²) >= 11 is 0. The van der Waals surface area contributed by atoms with E-state index in [0.717, 1.165) is 44.6 Å². The molecule has 20 heavy (non-hydrogen) atoms. The maximum Gasteiger partial charge on any atom is 0.272 e. The summed E-state index contributed by atoms with van der Waals surface area (Å²) in [6, 6.07) is 5.82. The Morgan fingerprint density at radius 1 is 1.30 bits per heavy atom. The monoisotopic (exact) mass is 276 g/mol. The molecule has 1 fully saturated rings. The van der Waals surface area contributed by atoms with Crippen molar-refractivity contribution in [3.05, 3.63) is 39.7 Å². The third-order valence-electron chi connectivity index (χ3n) is 4.06. The summed E-state index contributed by atoms with van der Waals surface area (Å²) < 4.78 is 13.4. The molecule has 0 N–H and O–H groups in total. The lowest BCUT2D eigenvalue weighted by Crippen LogP contribution is -2.21. The van der Waals surface area contributed by atoms with Gasteiger partial charge in [0.1, 0.15) is 5.82 Å². The smallest absolute Gasteiger partial charge is 0.258 e. The lowest BCUT2D eigenvalue weighted by Gasteiger charge is -2.24. The van der Waals surface area contributed by atoms with Gasteiger partial charge in [-0.25, -0.2) is 4.39 Å². The Morgan fingerprint density at radius 3 is 2.50 bits per heavy atom. The zero-order valence-electron chi connectivity index (χ0n) is 11.3. The fraction of sp³-hybridized carbons (Fsp3) is 0.533. The zero-order chi connectivity index (χ0) is 14.6. The van der Waals surface area contributed by atoms with Crippen LogP contribution in [0.4, 0.5) is 10.1 Å². The van der Waals surface area contributed by atoms with Crippen LogP contribution in [-0.2, 0) is 6.42 Å². The molecule has 0 atom stereocenters. The minimum Gasteiger partial charge on any atom is -0.258 e. The van der Waals surface area contributed by atoms with Gasteiger partial charge in [-0.15, -0.1) is 0 Å². The first kappa shape index (κ1) is 14.4. The van der Waals surface area contributed by atoms with E-state index in [1.54, 1.807) is 0 Å². The lowest BCUT2D eigenvalue weighted by atomic mass is 9.76. The van der Waals surface area contributed by atoms with Crippen molar-refractivity contribution in [1.82, 2.24) is 0 Å². The molecule has 0 heterocycles. The molecule has 1 aromatic carbocycles. The van der Waals surface area contributed by atoms with E-state index in [2.05, 4.69) is 6.07 Å². The number of nitro benzene ring substituents is 1. The minimum atomic E-state index is -0.588. The van der Waals surface area contributed by atoms with Gasteiger partial charge < -0.3 is 0 Å². The number of nitriles is 1. The average Bonchev–Trinajstić information content (AvgIpc) is 2.64. The first-order chi connectivity index (χ1) is 9.56.